The first-order valence-corrected chi connectivity index (χ1v) is 9.55. The topological polar surface area (TPSA) is 58.2 Å². The van der Waals surface area contributed by atoms with Crippen LogP contribution in [0.5, 0.6) is 0 Å². The average molecular weight is 363 g/mol. The Kier molecular flexibility index (Phi) is 6.45. The van der Waals surface area contributed by atoms with Gasteiger partial charge in [-0.15, -0.1) is 23.1 Å². The molecule has 0 radical (unpaired) electrons. The Balaban J connectivity index is 1.95. The Morgan fingerprint density at radius 1 is 1.12 bits per heavy atom. The third kappa shape index (κ3) is 6.02. The van der Waals surface area contributed by atoms with Crippen molar-refractivity contribution in [2.24, 2.45) is 0 Å². The first-order chi connectivity index (χ1) is 11.3. The Morgan fingerprint density at radius 3 is 2.54 bits per heavy atom. The van der Waals surface area contributed by atoms with Crippen LogP contribution in [-0.4, -0.2) is 23.9 Å². The first kappa shape index (κ1) is 18.5. The summed E-state index contributed by atoms with van der Waals surface area (Å²) in [7, 11) is 0. The zero-order valence-electron chi connectivity index (χ0n) is 14.1. The van der Waals surface area contributed by atoms with Crippen LogP contribution >= 0.6 is 23.1 Å². The second-order valence-electron chi connectivity index (χ2n) is 6.35. The fourth-order valence-electron chi connectivity index (χ4n) is 2.04. The normalized spacial score (nSPS) is 11.1. The van der Waals surface area contributed by atoms with Gasteiger partial charge in [0.05, 0.1) is 12.1 Å². The standard InChI is InChI=1S/C18H22N2O2S2/c1-18(2,3)20-16(21)11-19-17(22)14-8-4-5-9-15(14)24-12-13-7-6-10-23-13/h4-10H,11-12H2,1-3H3,(H,19,22)(H,20,21). The summed E-state index contributed by atoms with van der Waals surface area (Å²) in [5.74, 6) is 0.403. The van der Waals surface area contributed by atoms with Crippen molar-refractivity contribution in [3.05, 3.63) is 52.2 Å². The molecule has 0 unspecified atom stereocenters. The number of rotatable bonds is 6. The molecule has 0 saturated heterocycles. The summed E-state index contributed by atoms with van der Waals surface area (Å²) in [5, 5.41) is 7.56. The van der Waals surface area contributed by atoms with Crippen molar-refractivity contribution in [3.63, 3.8) is 0 Å². The zero-order valence-corrected chi connectivity index (χ0v) is 15.7. The fourth-order valence-corrected chi connectivity index (χ4v) is 3.86. The van der Waals surface area contributed by atoms with Crippen LogP contribution in [0.25, 0.3) is 0 Å². The number of hydrogen-bond donors (Lipinski definition) is 2. The van der Waals surface area contributed by atoms with Gasteiger partial charge in [0.1, 0.15) is 0 Å². The highest BCUT2D eigenvalue weighted by Crippen LogP contribution is 2.27. The van der Waals surface area contributed by atoms with Crippen molar-refractivity contribution < 1.29 is 9.59 Å². The summed E-state index contributed by atoms with van der Waals surface area (Å²) in [6, 6.07) is 11.6. The molecule has 2 aromatic rings. The Labute approximate surface area is 151 Å². The molecule has 0 bridgehead atoms. The number of thioether (sulfide) groups is 1. The summed E-state index contributed by atoms with van der Waals surface area (Å²) in [6.07, 6.45) is 0. The monoisotopic (exact) mass is 362 g/mol. The number of benzene rings is 1. The summed E-state index contributed by atoms with van der Waals surface area (Å²) in [5.41, 5.74) is 0.290. The molecule has 0 saturated carbocycles. The van der Waals surface area contributed by atoms with E-state index in [9.17, 15) is 9.59 Å². The van der Waals surface area contributed by atoms with Gasteiger partial charge in [0.15, 0.2) is 0 Å². The summed E-state index contributed by atoms with van der Waals surface area (Å²) < 4.78 is 0. The predicted octanol–water partition coefficient (Wildman–Crippen LogP) is 3.68. The molecule has 2 rings (SSSR count). The molecule has 4 nitrogen and oxygen atoms in total. The summed E-state index contributed by atoms with van der Waals surface area (Å²) in [4.78, 5) is 26.4. The van der Waals surface area contributed by atoms with Crippen LogP contribution < -0.4 is 10.6 Å². The second kappa shape index (κ2) is 8.35. The van der Waals surface area contributed by atoms with E-state index in [1.54, 1.807) is 29.2 Å². The van der Waals surface area contributed by atoms with Crippen LogP contribution in [0, 0.1) is 0 Å². The molecule has 0 aliphatic carbocycles. The number of carbonyl (C=O) groups excluding carboxylic acids is 2. The average Bonchev–Trinajstić information content (AvgIpc) is 3.02. The van der Waals surface area contributed by atoms with E-state index in [2.05, 4.69) is 16.7 Å². The van der Waals surface area contributed by atoms with Gasteiger partial charge in [0, 0.05) is 21.1 Å². The van der Waals surface area contributed by atoms with E-state index in [0.717, 1.165) is 10.6 Å². The minimum absolute atomic E-state index is 0.0277. The molecular weight excluding hydrogens is 340 g/mol. The first-order valence-electron chi connectivity index (χ1n) is 7.68. The van der Waals surface area contributed by atoms with Crippen LogP contribution in [0.3, 0.4) is 0 Å². The lowest BCUT2D eigenvalue weighted by Gasteiger charge is -2.20. The van der Waals surface area contributed by atoms with E-state index in [0.29, 0.717) is 5.56 Å². The fraction of sp³-hybridized carbons (Fsp3) is 0.333. The number of amides is 2. The van der Waals surface area contributed by atoms with E-state index in [1.165, 1.54) is 4.88 Å². The van der Waals surface area contributed by atoms with E-state index >= 15 is 0 Å². The molecule has 0 atom stereocenters. The van der Waals surface area contributed by atoms with Gasteiger partial charge in [-0.05, 0) is 44.4 Å². The maximum atomic E-state index is 12.4. The molecule has 0 fully saturated rings. The van der Waals surface area contributed by atoms with E-state index < -0.39 is 0 Å². The number of carbonyl (C=O) groups is 2. The zero-order chi connectivity index (χ0) is 17.6. The van der Waals surface area contributed by atoms with Gasteiger partial charge in [0.25, 0.3) is 5.91 Å². The number of thiophene rings is 1. The molecule has 1 heterocycles. The third-order valence-electron chi connectivity index (χ3n) is 3.01. The van der Waals surface area contributed by atoms with Crippen molar-refractivity contribution >= 4 is 34.9 Å². The lowest BCUT2D eigenvalue weighted by molar-refractivity contribution is -0.121. The second-order valence-corrected chi connectivity index (χ2v) is 8.39. The van der Waals surface area contributed by atoms with Gasteiger partial charge in [-0.3, -0.25) is 9.59 Å². The molecule has 1 aromatic heterocycles. The van der Waals surface area contributed by atoms with Gasteiger partial charge in [-0.2, -0.15) is 0 Å². The largest absolute Gasteiger partial charge is 0.350 e. The van der Waals surface area contributed by atoms with Crippen LogP contribution in [0.2, 0.25) is 0 Å². The van der Waals surface area contributed by atoms with Crippen molar-refractivity contribution in [2.45, 2.75) is 37.0 Å². The van der Waals surface area contributed by atoms with Crippen molar-refractivity contribution in [1.29, 1.82) is 0 Å². The quantitative estimate of drug-likeness (QED) is 0.771. The minimum atomic E-state index is -0.309. The molecule has 2 N–H and O–H groups in total. The summed E-state index contributed by atoms with van der Waals surface area (Å²) >= 11 is 3.33. The van der Waals surface area contributed by atoms with Gasteiger partial charge in [-0.1, -0.05) is 18.2 Å². The van der Waals surface area contributed by atoms with Gasteiger partial charge in [0.2, 0.25) is 5.91 Å². The highest BCUT2D eigenvalue weighted by molar-refractivity contribution is 7.98. The molecular formula is C18H22N2O2S2. The number of hydrogen-bond acceptors (Lipinski definition) is 4. The molecule has 24 heavy (non-hydrogen) atoms. The maximum Gasteiger partial charge on any atom is 0.252 e. The van der Waals surface area contributed by atoms with Gasteiger partial charge in [-0.25, -0.2) is 0 Å². The van der Waals surface area contributed by atoms with Crippen LogP contribution in [-0.2, 0) is 10.5 Å². The third-order valence-corrected chi connectivity index (χ3v) is 5.19. The van der Waals surface area contributed by atoms with Gasteiger partial charge < -0.3 is 10.6 Å². The molecule has 6 heteroatoms. The molecule has 0 aliphatic rings. The molecule has 1 aromatic carbocycles. The highest BCUT2D eigenvalue weighted by Gasteiger charge is 2.16. The SMILES string of the molecule is CC(C)(C)NC(=O)CNC(=O)c1ccccc1SCc1cccs1. The Hall–Kier alpha value is -1.79. The molecule has 128 valence electrons. The van der Waals surface area contributed by atoms with E-state index in [4.69, 9.17) is 0 Å². The maximum absolute atomic E-state index is 12.4. The van der Waals surface area contributed by atoms with Crippen molar-refractivity contribution in [1.82, 2.24) is 10.6 Å². The molecule has 2 amide bonds. The van der Waals surface area contributed by atoms with Crippen LogP contribution in [0.4, 0.5) is 0 Å². The Bertz CT molecular complexity index is 691. The van der Waals surface area contributed by atoms with Crippen molar-refractivity contribution in [3.8, 4) is 0 Å². The van der Waals surface area contributed by atoms with Crippen molar-refractivity contribution in [2.75, 3.05) is 6.54 Å². The van der Waals surface area contributed by atoms with Gasteiger partial charge >= 0.3 is 0 Å². The predicted molar refractivity (Wildman–Crippen MR) is 101 cm³/mol. The molecule has 0 spiro atoms. The van der Waals surface area contributed by atoms with Crippen LogP contribution in [0.15, 0.2) is 46.7 Å². The lowest BCUT2D eigenvalue weighted by atomic mass is 10.1. The minimum Gasteiger partial charge on any atom is -0.350 e. The lowest BCUT2D eigenvalue weighted by Crippen LogP contribution is -2.45. The smallest absolute Gasteiger partial charge is 0.252 e. The van der Waals surface area contributed by atoms with Crippen LogP contribution in [0.1, 0.15) is 36.0 Å². The molecule has 0 aliphatic heterocycles. The van der Waals surface area contributed by atoms with E-state index in [-0.39, 0.29) is 23.9 Å². The van der Waals surface area contributed by atoms with E-state index in [1.807, 2.05) is 50.4 Å². The summed E-state index contributed by atoms with van der Waals surface area (Å²) in [6.45, 7) is 5.69. The number of nitrogens with one attached hydrogen (secondary N) is 2. The highest BCUT2D eigenvalue weighted by atomic mass is 32.2. The Morgan fingerprint density at radius 2 is 1.88 bits per heavy atom.